The molecule has 0 unspecified atom stereocenters. The molecule has 5 heteroatoms. The van der Waals surface area contributed by atoms with Crippen LogP contribution in [0.25, 0.3) is 0 Å². The summed E-state index contributed by atoms with van der Waals surface area (Å²) in [6.07, 6.45) is 0.851. The Labute approximate surface area is 149 Å². The van der Waals surface area contributed by atoms with Gasteiger partial charge in [0, 0.05) is 17.8 Å². The van der Waals surface area contributed by atoms with Gasteiger partial charge in [-0.05, 0) is 43.2 Å². The molecular formula is C20H25NO4. The van der Waals surface area contributed by atoms with Gasteiger partial charge < -0.3 is 19.1 Å². The minimum absolute atomic E-state index is 0.105. The van der Waals surface area contributed by atoms with E-state index in [2.05, 4.69) is 0 Å². The summed E-state index contributed by atoms with van der Waals surface area (Å²) in [6, 6.07) is 11.3. The molecular weight excluding hydrogens is 318 g/mol. The van der Waals surface area contributed by atoms with E-state index in [-0.39, 0.29) is 5.91 Å². The fourth-order valence-electron chi connectivity index (χ4n) is 2.73. The van der Waals surface area contributed by atoms with Gasteiger partial charge in [0.1, 0.15) is 0 Å². The van der Waals surface area contributed by atoms with E-state index in [1.54, 1.807) is 17.0 Å². The van der Waals surface area contributed by atoms with Gasteiger partial charge in [-0.25, -0.2) is 0 Å². The Bertz CT molecular complexity index is 717. The molecule has 25 heavy (non-hydrogen) atoms. The van der Waals surface area contributed by atoms with E-state index in [4.69, 9.17) is 14.2 Å². The molecule has 0 saturated heterocycles. The largest absolute Gasteiger partial charge is 0.493 e. The molecule has 2 aromatic carbocycles. The van der Waals surface area contributed by atoms with Crippen molar-refractivity contribution in [1.29, 1.82) is 0 Å². The minimum Gasteiger partial charge on any atom is -0.493 e. The van der Waals surface area contributed by atoms with Crippen LogP contribution in [0.3, 0.4) is 0 Å². The van der Waals surface area contributed by atoms with Crippen molar-refractivity contribution < 1.29 is 19.0 Å². The number of methoxy groups -OCH3 is 3. The van der Waals surface area contributed by atoms with Crippen LogP contribution >= 0.6 is 0 Å². The summed E-state index contributed by atoms with van der Waals surface area (Å²) < 4.78 is 16.0. The molecule has 0 heterocycles. The summed E-state index contributed by atoms with van der Waals surface area (Å²) in [6.45, 7) is 4.68. The maximum absolute atomic E-state index is 13.2. The summed E-state index contributed by atoms with van der Waals surface area (Å²) in [5, 5.41) is 0. The van der Waals surface area contributed by atoms with Crippen molar-refractivity contribution in [3.8, 4) is 17.2 Å². The molecule has 0 aromatic heterocycles. The lowest BCUT2D eigenvalue weighted by Crippen LogP contribution is -2.31. The zero-order chi connectivity index (χ0) is 18.4. The fourth-order valence-corrected chi connectivity index (χ4v) is 2.73. The van der Waals surface area contributed by atoms with Crippen LogP contribution in [-0.2, 0) is 0 Å². The summed E-state index contributed by atoms with van der Waals surface area (Å²) in [5.74, 6) is 1.29. The highest BCUT2D eigenvalue weighted by Gasteiger charge is 2.22. The number of nitrogens with zero attached hydrogens (tertiary/aromatic N) is 1. The van der Waals surface area contributed by atoms with Gasteiger partial charge in [0.15, 0.2) is 11.5 Å². The maximum Gasteiger partial charge on any atom is 0.258 e. The van der Waals surface area contributed by atoms with Crippen molar-refractivity contribution in [3.05, 3.63) is 47.5 Å². The summed E-state index contributed by atoms with van der Waals surface area (Å²) in [4.78, 5) is 14.9. The average molecular weight is 343 g/mol. The number of carbonyl (C=O) groups is 1. The summed E-state index contributed by atoms with van der Waals surface area (Å²) >= 11 is 0. The molecule has 0 spiro atoms. The molecule has 0 radical (unpaired) electrons. The third-order valence-corrected chi connectivity index (χ3v) is 3.92. The SMILES string of the molecule is CCCN(C(=O)c1cc(OC)c(OC)c(OC)c1)c1cccc(C)c1. The molecule has 5 nitrogen and oxygen atoms in total. The summed E-state index contributed by atoms with van der Waals surface area (Å²) in [7, 11) is 4.61. The number of amides is 1. The van der Waals surface area contributed by atoms with Gasteiger partial charge in [-0.3, -0.25) is 4.79 Å². The van der Waals surface area contributed by atoms with Gasteiger partial charge in [0.05, 0.1) is 21.3 Å². The smallest absolute Gasteiger partial charge is 0.258 e. The summed E-state index contributed by atoms with van der Waals surface area (Å²) in [5.41, 5.74) is 2.47. The number of carbonyl (C=O) groups excluding carboxylic acids is 1. The van der Waals surface area contributed by atoms with E-state index >= 15 is 0 Å². The van der Waals surface area contributed by atoms with E-state index in [1.807, 2.05) is 38.1 Å². The molecule has 0 atom stereocenters. The highest BCUT2D eigenvalue weighted by Crippen LogP contribution is 2.38. The zero-order valence-corrected chi connectivity index (χ0v) is 15.5. The molecule has 0 aliphatic heterocycles. The Morgan fingerprint density at radius 1 is 1.00 bits per heavy atom. The molecule has 2 rings (SSSR count). The zero-order valence-electron chi connectivity index (χ0n) is 15.5. The van der Waals surface area contributed by atoms with Gasteiger partial charge in [0.2, 0.25) is 5.75 Å². The van der Waals surface area contributed by atoms with E-state index in [0.29, 0.717) is 29.4 Å². The number of anilines is 1. The van der Waals surface area contributed by atoms with Crippen LogP contribution in [0.5, 0.6) is 17.2 Å². The van der Waals surface area contributed by atoms with Crippen molar-refractivity contribution >= 4 is 11.6 Å². The first-order valence-corrected chi connectivity index (χ1v) is 8.24. The van der Waals surface area contributed by atoms with Crippen molar-refractivity contribution in [2.45, 2.75) is 20.3 Å². The fraction of sp³-hybridized carbons (Fsp3) is 0.350. The lowest BCUT2D eigenvalue weighted by Gasteiger charge is -2.23. The van der Waals surface area contributed by atoms with Gasteiger partial charge >= 0.3 is 0 Å². The number of benzene rings is 2. The van der Waals surface area contributed by atoms with Crippen molar-refractivity contribution in [2.75, 3.05) is 32.8 Å². The van der Waals surface area contributed by atoms with Crippen molar-refractivity contribution in [1.82, 2.24) is 0 Å². The second-order valence-electron chi connectivity index (χ2n) is 5.71. The quantitative estimate of drug-likeness (QED) is 0.760. The average Bonchev–Trinajstić information content (AvgIpc) is 2.64. The maximum atomic E-state index is 13.2. The number of aryl methyl sites for hydroxylation is 1. The molecule has 0 bridgehead atoms. The lowest BCUT2D eigenvalue weighted by atomic mass is 10.1. The van der Waals surface area contributed by atoms with Crippen molar-refractivity contribution in [3.63, 3.8) is 0 Å². The number of hydrogen-bond acceptors (Lipinski definition) is 4. The highest BCUT2D eigenvalue weighted by molar-refractivity contribution is 6.06. The molecule has 0 aliphatic rings. The van der Waals surface area contributed by atoms with E-state index in [9.17, 15) is 4.79 Å². The van der Waals surface area contributed by atoms with Crippen LogP contribution in [0.4, 0.5) is 5.69 Å². The molecule has 0 fully saturated rings. The van der Waals surface area contributed by atoms with Gasteiger partial charge in [-0.15, -0.1) is 0 Å². The second kappa shape index (κ2) is 8.42. The van der Waals surface area contributed by atoms with Crippen LogP contribution < -0.4 is 19.1 Å². The molecule has 0 N–H and O–H groups in total. The molecule has 134 valence electrons. The normalized spacial score (nSPS) is 10.3. The van der Waals surface area contributed by atoms with E-state index in [1.165, 1.54) is 21.3 Å². The monoisotopic (exact) mass is 343 g/mol. The highest BCUT2D eigenvalue weighted by atomic mass is 16.5. The van der Waals surface area contributed by atoms with Crippen molar-refractivity contribution in [2.24, 2.45) is 0 Å². The Kier molecular flexibility index (Phi) is 6.28. The van der Waals surface area contributed by atoms with E-state index in [0.717, 1.165) is 17.7 Å². The third-order valence-electron chi connectivity index (χ3n) is 3.92. The first-order valence-electron chi connectivity index (χ1n) is 8.24. The Hall–Kier alpha value is -2.69. The van der Waals surface area contributed by atoms with Crippen LogP contribution in [0.1, 0.15) is 29.3 Å². The van der Waals surface area contributed by atoms with Crippen LogP contribution in [0.2, 0.25) is 0 Å². The van der Waals surface area contributed by atoms with Gasteiger partial charge in [0.25, 0.3) is 5.91 Å². The Morgan fingerprint density at radius 3 is 2.12 bits per heavy atom. The molecule has 0 saturated carbocycles. The number of ether oxygens (including phenoxy) is 3. The molecule has 2 aromatic rings. The van der Waals surface area contributed by atoms with Gasteiger partial charge in [-0.2, -0.15) is 0 Å². The topological polar surface area (TPSA) is 48.0 Å². The minimum atomic E-state index is -0.105. The second-order valence-corrected chi connectivity index (χ2v) is 5.71. The predicted octanol–water partition coefficient (Wildman–Crippen LogP) is 4.08. The number of hydrogen-bond donors (Lipinski definition) is 0. The van der Waals surface area contributed by atoms with Crippen LogP contribution in [0, 0.1) is 6.92 Å². The molecule has 1 amide bonds. The standard InChI is InChI=1S/C20H25NO4/c1-6-10-21(16-9-7-8-14(2)11-16)20(22)15-12-17(23-3)19(25-5)18(13-15)24-4/h7-9,11-13H,6,10H2,1-5H3. The van der Waals surface area contributed by atoms with Crippen LogP contribution in [-0.4, -0.2) is 33.8 Å². The lowest BCUT2D eigenvalue weighted by molar-refractivity contribution is 0.0986. The Morgan fingerprint density at radius 2 is 1.64 bits per heavy atom. The number of rotatable bonds is 7. The third kappa shape index (κ3) is 4.05. The molecule has 0 aliphatic carbocycles. The van der Waals surface area contributed by atoms with Crippen LogP contribution in [0.15, 0.2) is 36.4 Å². The van der Waals surface area contributed by atoms with E-state index < -0.39 is 0 Å². The van der Waals surface area contributed by atoms with Gasteiger partial charge in [-0.1, -0.05) is 19.1 Å². The Balaban J connectivity index is 2.49. The predicted molar refractivity (Wildman–Crippen MR) is 99.2 cm³/mol. The first-order chi connectivity index (χ1) is 12.0. The first kappa shape index (κ1) is 18.6.